The lowest BCUT2D eigenvalue weighted by Crippen LogP contribution is -2.38. The summed E-state index contributed by atoms with van der Waals surface area (Å²) in [5.41, 5.74) is 1.16. The van der Waals surface area contributed by atoms with Gasteiger partial charge in [0.2, 0.25) is 0 Å². The van der Waals surface area contributed by atoms with Crippen molar-refractivity contribution in [3.8, 4) is 5.75 Å². The molecule has 0 spiro atoms. The zero-order chi connectivity index (χ0) is 17.7. The van der Waals surface area contributed by atoms with E-state index in [0.717, 1.165) is 49.9 Å². The van der Waals surface area contributed by atoms with E-state index in [4.69, 9.17) is 14.5 Å². The second kappa shape index (κ2) is 12.0. The molecule has 0 aromatic heterocycles. The number of ether oxygens (including phenoxy) is 2. The van der Waals surface area contributed by atoms with Crippen molar-refractivity contribution in [1.82, 2.24) is 10.6 Å². The van der Waals surface area contributed by atoms with Gasteiger partial charge in [-0.05, 0) is 49.6 Å². The van der Waals surface area contributed by atoms with Crippen LogP contribution in [-0.4, -0.2) is 50.3 Å². The van der Waals surface area contributed by atoms with E-state index in [2.05, 4.69) is 17.6 Å². The summed E-state index contributed by atoms with van der Waals surface area (Å²) in [7, 11) is 1.68. The Kier molecular flexibility index (Phi) is 9.59. The van der Waals surface area contributed by atoms with Crippen LogP contribution in [-0.2, 0) is 11.3 Å². The highest BCUT2D eigenvalue weighted by Gasteiger charge is 2.14. The molecule has 0 bridgehead atoms. The maximum atomic E-state index is 5.73. The minimum Gasteiger partial charge on any atom is -0.497 e. The third-order valence-corrected chi connectivity index (χ3v) is 5.39. The molecule has 1 fully saturated rings. The van der Waals surface area contributed by atoms with Crippen LogP contribution in [0.25, 0.3) is 0 Å². The van der Waals surface area contributed by atoms with E-state index in [1.54, 1.807) is 7.11 Å². The molecule has 2 rings (SSSR count). The molecule has 5 nitrogen and oxygen atoms in total. The van der Waals surface area contributed by atoms with E-state index in [-0.39, 0.29) is 0 Å². The molecule has 0 amide bonds. The highest BCUT2D eigenvalue weighted by atomic mass is 32.2. The van der Waals surface area contributed by atoms with Crippen LogP contribution in [0.2, 0.25) is 0 Å². The molecular formula is C19H31N3O2S. The average molecular weight is 366 g/mol. The lowest BCUT2D eigenvalue weighted by Gasteiger charge is -2.13. The van der Waals surface area contributed by atoms with E-state index in [1.165, 1.54) is 18.6 Å². The lowest BCUT2D eigenvalue weighted by atomic mass is 10.2. The zero-order valence-corrected chi connectivity index (χ0v) is 16.2. The predicted octanol–water partition coefficient (Wildman–Crippen LogP) is 3.05. The van der Waals surface area contributed by atoms with Crippen molar-refractivity contribution < 1.29 is 9.47 Å². The Morgan fingerprint density at radius 3 is 2.80 bits per heavy atom. The van der Waals surface area contributed by atoms with Crippen LogP contribution in [0.5, 0.6) is 5.75 Å². The number of hydrogen-bond donors (Lipinski definition) is 2. The van der Waals surface area contributed by atoms with Gasteiger partial charge < -0.3 is 20.1 Å². The van der Waals surface area contributed by atoms with Crippen LogP contribution in [0.4, 0.5) is 0 Å². The van der Waals surface area contributed by atoms with Gasteiger partial charge >= 0.3 is 0 Å². The van der Waals surface area contributed by atoms with Gasteiger partial charge in [0, 0.05) is 24.9 Å². The van der Waals surface area contributed by atoms with Gasteiger partial charge in [0.25, 0.3) is 0 Å². The smallest absolute Gasteiger partial charge is 0.191 e. The van der Waals surface area contributed by atoms with Gasteiger partial charge in [-0.25, -0.2) is 0 Å². The molecule has 25 heavy (non-hydrogen) atoms. The summed E-state index contributed by atoms with van der Waals surface area (Å²) in [6.45, 7) is 6.13. The Labute approximate surface area is 156 Å². The zero-order valence-electron chi connectivity index (χ0n) is 15.4. The number of nitrogens with zero attached hydrogens (tertiary/aromatic N) is 1. The number of hydrogen-bond acceptors (Lipinski definition) is 4. The number of guanidine groups is 1. The molecule has 0 saturated carbocycles. The summed E-state index contributed by atoms with van der Waals surface area (Å²) in [5.74, 6) is 3.08. The molecule has 140 valence electrons. The molecule has 6 heteroatoms. The van der Waals surface area contributed by atoms with Gasteiger partial charge in [-0.15, -0.1) is 0 Å². The molecule has 2 N–H and O–H groups in total. The SMILES string of the molecule is CCNC(=NCC1CCCS1)NCCCOCc1ccc(OC)cc1. The Balaban J connectivity index is 1.58. The van der Waals surface area contributed by atoms with E-state index in [1.807, 2.05) is 36.0 Å². The standard InChI is InChI=1S/C19H31N3O2S/c1-3-20-19(22-14-18-6-4-13-25-18)21-11-5-12-24-15-16-7-9-17(23-2)10-8-16/h7-10,18H,3-6,11-15H2,1-2H3,(H2,20,21,22). The molecule has 1 heterocycles. The van der Waals surface area contributed by atoms with Crippen molar-refractivity contribution in [2.75, 3.05) is 39.1 Å². The minimum absolute atomic E-state index is 0.636. The number of benzene rings is 1. The van der Waals surface area contributed by atoms with Gasteiger partial charge in [-0.3, -0.25) is 4.99 Å². The molecule has 0 aliphatic carbocycles. The predicted molar refractivity (Wildman–Crippen MR) is 107 cm³/mol. The normalized spacial score (nSPS) is 17.5. The molecular weight excluding hydrogens is 334 g/mol. The van der Waals surface area contributed by atoms with Crippen molar-refractivity contribution in [3.63, 3.8) is 0 Å². The van der Waals surface area contributed by atoms with Crippen LogP contribution < -0.4 is 15.4 Å². The maximum Gasteiger partial charge on any atom is 0.191 e. The Morgan fingerprint density at radius 2 is 2.12 bits per heavy atom. The fourth-order valence-corrected chi connectivity index (χ4v) is 3.80. The monoisotopic (exact) mass is 365 g/mol. The molecule has 1 aromatic rings. The minimum atomic E-state index is 0.636. The van der Waals surface area contributed by atoms with Crippen LogP contribution in [0.1, 0.15) is 31.7 Å². The highest BCUT2D eigenvalue weighted by Crippen LogP contribution is 2.25. The molecule has 1 aliphatic heterocycles. The second-order valence-corrected chi connectivity index (χ2v) is 7.44. The van der Waals surface area contributed by atoms with Crippen molar-refractivity contribution in [3.05, 3.63) is 29.8 Å². The van der Waals surface area contributed by atoms with Crippen molar-refractivity contribution in [2.45, 2.75) is 38.0 Å². The molecule has 1 aromatic carbocycles. The molecule has 1 saturated heterocycles. The molecule has 1 atom stereocenters. The van der Waals surface area contributed by atoms with Crippen LogP contribution in [0.3, 0.4) is 0 Å². The van der Waals surface area contributed by atoms with Gasteiger partial charge in [-0.1, -0.05) is 12.1 Å². The summed E-state index contributed by atoms with van der Waals surface area (Å²) in [6, 6.07) is 7.99. The third-order valence-electron chi connectivity index (χ3n) is 4.01. The van der Waals surface area contributed by atoms with Crippen LogP contribution in [0.15, 0.2) is 29.3 Å². The lowest BCUT2D eigenvalue weighted by molar-refractivity contribution is 0.119. The summed E-state index contributed by atoms with van der Waals surface area (Å²) in [5, 5.41) is 7.40. The van der Waals surface area contributed by atoms with E-state index in [9.17, 15) is 0 Å². The van der Waals surface area contributed by atoms with E-state index >= 15 is 0 Å². The summed E-state index contributed by atoms with van der Waals surface area (Å²) in [6.07, 6.45) is 3.59. The van der Waals surface area contributed by atoms with Gasteiger partial charge in [0.15, 0.2) is 5.96 Å². The fraction of sp³-hybridized carbons (Fsp3) is 0.632. The van der Waals surface area contributed by atoms with Crippen LogP contribution >= 0.6 is 11.8 Å². The van der Waals surface area contributed by atoms with Crippen LogP contribution in [0, 0.1) is 0 Å². The maximum absolute atomic E-state index is 5.73. The van der Waals surface area contributed by atoms with Gasteiger partial charge in [-0.2, -0.15) is 11.8 Å². The largest absolute Gasteiger partial charge is 0.497 e. The topological polar surface area (TPSA) is 54.9 Å². The highest BCUT2D eigenvalue weighted by molar-refractivity contribution is 8.00. The molecule has 1 aliphatic rings. The van der Waals surface area contributed by atoms with Crippen molar-refractivity contribution >= 4 is 17.7 Å². The summed E-state index contributed by atoms with van der Waals surface area (Å²) < 4.78 is 10.9. The number of rotatable bonds is 10. The first-order valence-corrected chi connectivity index (χ1v) is 10.2. The average Bonchev–Trinajstić information content (AvgIpc) is 3.16. The fourth-order valence-electron chi connectivity index (χ4n) is 2.62. The summed E-state index contributed by atoms with van der Waals surface area (Å²) >= 11 is 2.05. The molecule has 1 unspecified atom stereocenters. The van der Waals surface area contributed by atoms with Crippen molar-refractivity contribution in [1.29, 1.82) is 0 Å². The third kappa shape index (κ3) is 8.01. The van der Waals surface area contributed by atoms with E-state index in [0.29, 0.717) is 11.9 Å². The number of methoxy groups -OCH3 is 1. The number of nitrogens with one attached hydrogen (secondary N) is 2. The second-order valence-electron chi connectivity index (χ2n) is 6.04. The van der Waals surface area contributed by atoms with Gasteiger partial charge in [0.05, 0.1) is 20.3 Å². The molecule has 0 radical (unpaired) electrons. The summed E-state index contributed by atoms with van der Waals surface area (Å²) in [4.78, 5) is 4.70. The van der Waals surface area contributed by atoms with E-state index < -0.39 is 0 Å². The first kappa shape index (κ1) is 19.9. The first-order valence-electron chi connectivity index (χ1n) is 9.16. The Hall–Kier alpha value is -1.40. The quantitative estimate of drug-likeness (QED) is 0.379. The number of thioether (sulfide) groups is 1. The number of aliphatic imine (C=N–C) groups is 1. The first-order chi connectivity index (χ1) is 12.3. The van der Waals surface area contributed by atoms with Gasteiger partial charge in [0.1, 0.15) is 5.75 Å². The van der Waals surface area contributed by atoms with Crippen molar-refractivity contribution in [2.24, 2.45) is 4.99 Å². The Bertz CT molecular complexity index is 502. The Morgan fingerprint density at radius 1 is 1.28 bits per heavy atom.